The Morgan fingerprint density at radius 1 is 1.02 bits per heavy atom. The molecule has 0 radical (unpaired) electrons. The van der Waals surface area contributed by atoms with Gasteiger partial charge in [-0.05, 0) is 88.9 Å². The highest BCUT2D eigenvalue weighted by molar-refractivity contribution is 7.89. The minimum atomic E-state index is -3.85. The fraction of sp³-hybridized carbons (Fsp3) is 0.645. The highest BCUT2D eigenvalue weighted by atomic mass is 32.2. The van der Waals surface area contributed by atoms with Crippen molar-refractivity contribution in [1.82, 2.24) is 24.0 Å². The van der Waals surface area contributed by atoms with Gasteiger partial charge >= 0.3 is 0 Å². The van der Waals surface area contributed by atoms with Crippen LogP contribution in [0.25, 0.3) is 0 Å². The van der Waals surface area contributed by atoms with Gasteiger partial charge < -0.3 is 24.3 Å². The number of carbonyl (C=O) groups excluding carboxylic acids is 1. The maximum absolute atomic E-state index is 14.1. The third kappa shape index (κ3) is 6.55. The first kappa shape index (κ1) is 31.0. The molecule has 1 amide bonds. The van der Waals surface area contributed by atoms with Crippen molar-refractivity contribution in [1.29, 1.82) is 0 Å². The molecule has 0 bridgehead atoms. The van der Waals surface area contributed by atoms with E-state index in [2.05, 4.69) is 26.7 Å². The van der Waals surface area contributed by atoms with E-state index in [1.807, 2.05) is 18.3 Å². The number of methoxy groups -OCH3 is 1. The van der Waals surface area contributed by atoms with Crippen molar-refractivity contribution in [3.8, 4) is 5.75 Å². The van der Waals surface area contributed by atoms with Crippen LogP contribution in [0.3, 0.4) is 0 Å². The number of amides is 1. The number of ether oxygens (including phenoxy) is 2. The Morgan fingerprint density at radius 2 is 1.69 bits per heavy atom. The Hall–Kier alpha value is -2.44. The van der Waals surface area contributed by atoms with Crippen LogP contribution >= 0.6 is 0 Å². The van der Waals surface area contributed by atoms with Crippen LogP contribution in [0.4, 0.5) is 0 Å². The van der Waals surface area contributed by atoms with E-state index < -0.39 is 22.2 Å². The molecule has 2 unspecified atom stereocenters. The number of fused-ring (bicyclic) bond motifs is 1. The Morgan fingerprint density at radius 3 is 2.33 bits per heavy atom. The molecule has 1 aromatic heterocycles. The molecule has 1 saturated carbocycles. The van der Waals surface area contributed by atoms with Gasteiger partial charge in [-0.3, -0.25) is 9.69 Å². The van der Waals surface area contributed by atoms with Crippen LogP contribution in [0.15, 0.2) is 35.4 Å². The smallest absolute Gasteiger partial charge is 0.249 e. The maximum atomic E-state index is 14.1. The van der Waals surface area contributed by atoms with Crippen molar-refractivity contribution < 1.29 is 22.7 Å². The van der Waals surface area contributed by atoms with Gasteiger partial charge in [-0.25, -0.2) is 8.42 Å². The van der Waals surface area contributed by atoms with Gasteiger partial charge in [0.2, 0.25) is 15.9 Å². The second-order valence-electron chi connectivity index (χ2n) is 12.2. The summed E-state index contributed by atoms with van der Waals surface area (Å²) >= 11 is 0. The molecule has 3 heterocycles. The summed E-state index contributed by atoms with van der Waals surface area (Å²) in [6, 6.07) is 7.58. The van der Waals surface area contributed by atoms with Crippen molar-refractivity contribution >= 4 is 15.9 Å². The molecule has 10 nitrogen and oxygen atoms in total. The number of hydrogen-bond donors (Lipinski definition) is 1. The number of benzene rings is 1. The average Bonchev–Trinajstić information content (AvgIpc) is 3.45. The van der Waals surface area contributed by atoms with Crippen LogP contribution in [0.2, 0.25) is 0 Å². The van der Waals surface area contributed by atoms with E-state index in [0.29, 0.717) is 40.9 Å². The van der Waals surface area contributed by atoms with E-state index in [4.69, 9.17) is 9.47 Å². The number of piperazine rings is 1. The summed E-state index contributed by atoms with van der Waals surface area (Å²) in [4.78, 5) is 18.4. The molecule has 1 aromatic carbocycles. The molecule has 2 atom stereocenters. The summed E-state index contributed by atoms with van der Waals surface area (Å²) in [5.41, 5.74) is 2.15. The van der Waals surface area contributed by atoms with Gasteiger partial charge in [0.15, 0.2) is 0 Å². The number of carbonyl (C=O) groups is 1. The lowest BCUT2D eigenvalue weighted by molar-refractivity contribution is -0.133. The fourth-order valence-electron chi connectivity index (χ4n) is 6.85. The lowest BCUT2D eigenvalue weighted by Crippen LogP contribution is -2.52. The molecule has 232 valence electrons. The highest BCUT2D eigenvalue weighted by Crippen LogP contribution is 2.35. The number of aryl methyl sites for hydroxylation is 2. The van der Waals surface area contributed by atoms with Gasteiger partial charge in [0.25, 0.3) is 0 Å². The number of sulfonamides is 1. The number of hydrogen-bond acceptors (Lipinski definition) is 7. The molecule has 2 fully saturated rings. The number of likely N-dealkylation sites (N-methyl/N-ethyl adjacent to an activating group) is 1. The van der Waals surface area contributed by atoms with Gasteiger partial charge in [-0.2, -0.15) is 4.31 Å². The summed E-state index contributed by atoms with van der Waals surface area (Å²) in [7, 11) is -0.0959. The molecule has 1 aliphatic carbocycles. The first-order chi connectivity index (χ1) is 20.1. The van der Waals surface area contributed by atoms with Crippen LogP contribution < -0.4 is 10.1 Å². The molecule has 1 N–H and O–H groups in total. The quantitative estimate of drug-likeness (QED) is 0.472. The number of aromatic nitrogens is 1. The maximum Gasteiger partial charge on any atom is 0.249 e. The lowest BCUT2D eigenvalue weighted by Gasteiger charge is -2.41. The summed E-state index contributed by atoms with van der Waals surface area (Å²) in [6.07, 6.45) is 5.40. The van der Waals surface area contributed by atoms with Gasteiger partial charge in [0.1, 0.15) is 11.9 Å². The summed E-state index contributed by atoms with van der Waals surface area (Å²) in [5, 5.41) is 3.20. The Balaban J connectivity index is 1.22. The third-order valence-electron chi connectivity index (χ3n) is 9.32. The molecular formula is C31H47N5O5S. The second kappa shape index (κ2) is 13.1. The monoisotopic (exact) mass is 601 g/mol. The van der Waals surface area contributed by atoms with Crippen LogP contribution in [0.5, 0.6) is 5.75 Å². The lowest BCUT2D eigenvalue weighted by atomic mass is 9.89. The molecule has 3 aliphatic rings. The summed E-state index contributed by atoms with van der Waals surface area (Å²) in [5.74, 6) is 0.490. The minimum absolute atomic E-state index is 0.0855. The summed E-state index contributed by atoms with van der Waals surface area (Å²) in [6.45, 7) is 10.8. The van der Waals surface area contributed by atoms with Crippen molar-refractivity contribution in [2.24, 2.45) is 0 Å². The first-order valence-corrected chi connectivity index (χ1v) is 16.7. The Kier molecular flexibility index (Phi) is 9.63. The van der Waals surface area contributed by atoms with E-state index in [1.165, 1.54) is 4.31 Å². The van der Waals surface area contributed by atoms with Gasteiger partial charge in [-0.15, -0.1) is 0 Å². The van der Waals surface area contributed by atoms with E-state index >= 15 is 0 Å². The van der Waals surface area contributed by atoms with E-state index in [0.717, 1.165) is 57.6 Å². The van der Waals surface area contributed by atoms with Crippen LogP contribution in [0.1, 0.15) is 55.5 Å². The molecule has 0 spiro atoms. The SMILES string of the molecule is COc1cc(C)c(S(=O)(=O)N2CCn3cccc3C2COC(C)C(=O)NC2CCC(N3CCN(C)CC3)CC2)c(C)c1. The molecule has 5 rings (SSSR count). The number of nitrogens with one attached hydrogen (secondary N) is 1. The van der Waals surface area contributed by atoms with Crippen LogP contribution in [0, 0.1) is 13.8 Å². The number of rotatable bonds is 9. The van der Waals surface area contributed by atoms with E-state index in [9.17, 15) is 13.2 Å². The molecule has 11 heteroatoms. The molecule has 1 saturated heterocycles. The third-order valence-corrected chi connectivity index (χ3v) is 11.5. The molecule has 2 aromatic rings. The number of nitrogens with zero attached hydrogens (tertiary/aromatic N) is 4. The van der Waals surface area contributed by atoms with Gasteiger partial charge in [0, 0.05) is 63.2 Å². The van der Waals surface area contributed by atoms with Crippen molar-refractivity contribution in [2.75, 3.05) is 53.5 Å². The second-order valence-corrected chi connectivity index (χ2v) is 14.0. The van der Waals surface area contributed by atoms with Crippen molar-refractivity contribution in [3.05, 3.63) is 47.3 Å². The molecular weight excluding hydrogens is 554 g/mol. The topological polar surface area (TPSA) is 96.3 Å². The predicted molar refractivity (Wildman–Crippen MR) is 162 cm³/mol. The van der Waals surface area contributed by atoms with Crippen LogP contribution in [-0.2, 0) is 26.1 Å². The average molecular weight is 602 g/mol. The molecule has 42 heavy (non-hydrogen) atoms. The predicted octanol–water partition coefficient (Wildman–Crippen LogP) is 2.94. The van der Waals surface area contributed by atoms with Crippen LogP contribution in [-0.4, -0.2) is 105 Å². The standard InChI is InChI=1S/C31H47N5O5S/c1-22-19-27(40-5)20-23(2)30(22)42(38,39)36-18-17-35-12-6-7-28(35)29(36)21-41-24(3)31(37)32-25-8-10-26(11-9-25)34-15-13-33(4)14-16-34/h6-7,12,19-20,24-26,29H,8-11,13-18,21H2,1-5H3,(H,32,37). The zero-order valence-electron chi connectivity index (χ0n) is 25.7. The Bertz CT molecular complexity index is 1320. The fourth-order valence-corrected chi connectivity index (χ4v) is 8.85. The zero-order chi connectivity index (χ0) is 30.0. The highest BCUT2D eigenvalue weighted by Gasteiger charge is 2.39. The zero-order valence-corrected chi connectivity index (χ0v) is 26.5. The van der Waals surface area contributed by atoms with E-state index in [-0.39, 0.29) is 18.6 Å². The molecule has 2 aliphatic heterocycles. The van der Waals surface area contributed by atoms with Crippen molar-refractivity contribution in [3.63, 3.8) is 0 Å². The largest absolute Gasteiger partial charge is 0.497 e. The first-order valence-electron chi connectivity index (χ1n) is 15.2. The van der Waals surface area contributed by atoms with Gasteiger partial charge in [-0.1, -0.05) is 0 Å². The minimum Gasteiger partial charge on any atom is -0.497 e. The summed E-state index contributed by atoms with van der Waals surface area (Å²) < 4.78 is 43.3. The normalized spacial score (nSPS) is 25.1. The van der Waals surface area contributed by atoms with Gasteiger partial charge in [0.05, 0.1) is 24.7 Å². The Labute approximate surface area is 251 Å². The van der Waals surface area contributed by atoms with Crippen molar-refractivity contribution in [2.45, 2.75) is 82.1 Å². The van der Waals surface area contributed by atoms with E-state index in [1.54, 1.807) is 40.0 Å².